The number of hydrogen-bond acceptors (Lipinski definition) is 2. The number of fused-ring (bicyclic) bond motifs is 1. The minimum absolute atomic E-state index is 0.400. The van der Waals surface area contributed by atoms with Crippen LogP contribution in [0.2, 0.25) is 0 Å². The lowest BCUT2D eigenvalue weighted by molar-refractivity contribution is 0.472. The molecule has 1 N–H and O–H groups in total. The second-order valence-corrected chi connectivity index (χ2v) is 5.59. The van der Waals surface area contributed by atoms with Gasteiger partial charge >= 0.3 is 0 Å². The van der Waals surface area contributed by atoms with Gasteiger partial charge in [-0.05, 0) is 31.0 Å². The van der Waals surface area contributed by atoms with Crippen LogP contribution in [0.5, 0.6) is 0 Å². The van der Waals surface area contributed by atoms with Crippen LogP contribution in [0.3, 0.4) is 0 Å². The van der Waals surface area contributed by atoms with Crippen LogP contribution in [0.25, 0.3) is 10.9 Å². The molecule has 0 saturated heterocycles. The van der Waals surface area contributed by atoms with Crippen LogP contribution in [0, 0.1) is 5.92 Å². The normalized spacial score (nSPS) is 13.1. The monoisotopic (exact) mass is 256 g/mol. The summed E-state index contributed by atoms with van der Waals surface area (Å²) in [6.45, 7) is 4.57. The van der Waals surface area contributed by atoms with Crippen molar-refractivity contribution in [1.82, 2.24) is 10.3 Å². The molecule has 0 radical (unpaired) electrons. The number of pyridine rings is 1. The van der Waals surface area contributed by atoms with Crippen molar-refractivity contribution in [1.29, 1.82) is 0 Å². The lowest BCUT2D eigenvalue weighted by atomic mass is 9.96. The van der Waals surface area contributed by atoms with Crippen LogP contribution in [-0.2, 0) is 0 Å². The third-order valence-corrected chi connectivity index (χ3v) is 3.66. The molecule has 1 unspecified atom stereocenters. The van der Waals surface area contributed by atoms with E-state index in [1.165, 1.54) is 30.2 Å². The second kappa shape index (κ2) is 6.67. The van der Waals surface area contributed by atoms with Crippen molar-refractivity contribution in [2.75, 3.05) is 7.05 Å². The Kier molecular flexibility index (Phi) is 4.92. The number of para-hydroxylation sites is 1. The van der Waals surface area contributed by atoms with Gasteiger partial charge in [-0.1, -0.05) is 51.0 Å². The number of benzene rings is 1. The highest BCUT2D eigenvalue weighted by atomic mass is 14.9. The van der Waals surface area contributed by atoms with Gasteiger partial charge in [0, 0.05) is 17.6 Å². The minimum atomic E-state index is 0.400. The fourth-order valence-electron chi connectivity index (χ4n) is 2.59. The van der Waals surface area contributed by atoms with Crippen LogP contribution >= 0.6 is 0 Å². The first-order valence-electron chi connectivity index (χ1n) is 7.23. The third-order valence-electron chi connectivity index (χ3n) is 3.66. The fourth-order valence-corrected chi connectivity index (χ4v) is 2.59. The molecule has 19 heavy (non-hydrogen) atoms. The van der Waals surface area contributed by atoms with E-state index in [2.05, 4.69) is 48.4 Å². The fraction of sp³-hybridized carbons (Fsp3) is 0.471. The van der Waals surface area contributed by atoms with Gasteiger partial charge in [0.1, 0.15) is 0 Å². The molecule has 1 heterocycles. The summed E-state index contributed by atoms with van der Waals surface area (Å²) in [5.74, 6) is 0.781. The summed E-state index contributed by atoms with van der Waals surface area (Å²) in [4.78, 5) is 4.55. The Labute approximate surface area is 116 Å². The predicted octanol–water partition coefficient (Wildman–Crippen LogP) is 4.32. The minimum Gasteiger partial charge on any atom is -0.313 e. The van der Waals surface area contributed by atoms with E-state index < -0.39 is 0 Å². The lowest BCUT2D eigenvalue weighted by Gasteiger charge is -2.18. The van der Waals surface area contributed by atoms with E-state index in [0.717, 1.165) is 11.4 Å². The molecule has 102 valence electrons. The van der Waals surface area contributed by atoms with E-state index in [1.807, 2.05) is 19.3 Å². The second-order valence-electron chi connectivity index (χ2n) is 5.59. The first-order valence-corrected chi connectivity index (χ1v) is 7.23. The first-order chi connectivity index (χ1) is 9.22. The Balaban J connectivity index is 2.20. The van der Waals surface area contributed by atoms with Crippen molar-refractivity contribution in [2.45, 2.75) is 39.2 Å². The van der Waals surface area contributed by atoms with E-state index in [0.29, 0.717) is 6.04 Å². The standard InChI is InChI=1S/C17H24N2/c1-13(2)7-4-11-16(18-3)15-10-5-8-14-9-6-12-19-17(14)15/h5-6,8-10,12-13,16,18H,4,7,11H2,1-3H3. The summed E-state index contributed by atoms with van der Waals surface area (Å²) in [5, 5.41) is 4.67. The first kappa shape index (κ1) is 14.0. The van der Waals surface area contributed by atoms with Gasteiger partial charge in [0.05, 0.1) is 5.52 Å². The number of hydrogen-bond donors (Lipinski definition) is 1. The van der Waals surface area contributed by atoms with Crippen molar-refractivity contribution in [2.24, 2.45) is 5.92 Å². The quantitative estimate of drug-likeness (QED) is 0.832. The Morgan fingerprint density at radius 2 is 1.89 bits per heavy atom. The van der Waals surface area contributed by atoms with Gasteiger partial charge in [-0.2, -0.15) is 0 Å². The summed E-state index contributed by atoms with van der Waals surface area (Å²) in [6, 6.07) is 11.0. The van der Waals surface area contributed by atoms with Crippen LogP contribution in [-0.4, -0.2) is 12.0 Å². The van der Waals surface area contributed by atoms with Gasteiger partial charge < -0.3 is 5.32 Å². The van der Waals surface area contributed by atoms with E-state index in [1.54, 1.807) is 0 Å². The average molecular weight is 256 g/mol. The average Bonchev–Trinajstić information content (AvgIpc) is 2.43. The summed E-state index contributed by atoms with van der Waals surface area (Å²) in [7, 11) is 2.04. The Morgan fingerprint density at radius 3 is 2.63 bits per heavy atom. The van der Waals surface area contributed by atoms with E-state index in [-0.39, 0.29) is 0 Å². The molecule has 0 bridgehead atoms. The lowest BCUT2D eigenvalue weighted by Crippen LogP contribution is -2.17. The van der Waals surface area contributed by atoms with Crippen molar-refractivity contribution in [3.05, 3.63) is 42.1 Å². The maximum Gasteiger partial charge on any atom is 0.0749 e. The summed E-state index contributed by atoms with van der Waals surface area (Å²) < 4.78 is 0. The van der Waals surface area contributed by atoms with Crippen molar-refractivity contribution in [3.63, 3.8) is 0 Å². The molecule has 0 aliphatic carbocycles. The highest BCUT2D eigenvalue weighted by molar-refractivity contribution is 5.81. The number of nitrogens with zero attached hydrogens (tertiary/aromatic N) is 1. The van der Waals surface area contributed by atoms with Crippen molar-refractivity contribution >= 4 is 10.9 Å². The van der Waals surface area contributed by atoms with Gasteiger partial charge in [-0.25, -0.2) is 0 Å². The molecule has 0 spiro atoms. The highest BCUT2D eigenvalue weighted by Gasteiger charge is 2.13. The van der Waals surface area contributed by atoms with Gasteiger partial charge in [0.2, 0.25) is 0 Å². The molecule has 0 aliphatic heterocycles. The Morgan fingerprint density at radius 1 is 1.11 bits per heavy atom. The summed E-state index contributed by atoms with van der Waals surface area (Å²) in [5.41, 5.74) is 2.46. The largest absolute Gasteiger partial charge is 0.313 e. The van der Waals surface area contributed by atoms with Gasteiger partial charge in [0.15, 0.2) is 0 Å². The van der Waals surface area contributed by atoms with Gasteiger partial charge in [-0.15, -0.1) is 0 Å². The smallest absolute Gasteiger partial charge is 0.0749 e. The molecule has 2 aromatic rings. The molecule has 1 aromatic heterocycles. The zero-order valence-electron chi connectivity index (χ0n) is 12.2. The van der Waals surface area contributed by atoms with Gasteiger partial charge in [0.25, 0.3) is 0 Å². The van der Waals surface area contributed by atoms with Crippen molar-refractivity contribution in [3.8, 4) is 0 Å². The molecule has 0 saturated carbocycles. The van der Waals surface area contributed by atoms with E-state index in [4.69, 9.17) is 0 Å². The van der Waals surface area contributed by atoms with Crippen LogP contribution in [0.1, 0.15) is 44.7 Å². The molecule has 0 fully saturated rings. The SMILES string of the molecule is CNC(CCCC(C)C)c1cccc2cccnc12. The predicted molar refractivity (Wildman–Crippen MR) is 82.2 cm³/mol. The zero-order chi connectivity index (χ0) is 13.7. The van der Waals surface area contributed by atoms with E-state index in [9.17, 15) is 0 Å². The van der Waals surface area contributed by atoms with Gasteiger partial charge in [-0.3, -0.25) is 4.98 Å². The molecule has 2 rings (SSSR count). The Bertz CT molecular complexity index is 514. The molecule has 1 atom stereocenters. The van der Waals surface area contributed by atoms with Crippen LogP contribution in [0.15, 0.2) is 36.5 Å². The molecule has 0 aliphatic rings. The number of nitrogens with one attached hydrogen (secondary N) is 1. The third kappa shape index (κ3) is 3.54. The topological polar surface area (TPSA) is 24.9 Å². The zero-order valence-corrected chi connectivity index (χ0v) is 12.2. The van der Waals surface area contributed by atoms with Crippen molar-refractivity contribution < 1.29 is 0 Å². The molecule has 2 nitrogen and oxygen atoms in total. The molecule has 0 amide bonds. The summed E-state index contributed by atoms with van der Waals surface area (Å²) >= 11 is 0. The molecular weight excluding hydrogens is 232 g/mol. The van der Waals surface area contributed by atoms with E-state index >= 15 is 0 Å². The van der Waals surface area contributed by atoms with Crippen LogP contribution in [0.4, 0.5) is 0 Å². The molecular formula is C17H24N2. The maximum atomic E-state index is 4.55. The number of aromatic nitrogens is 1. The van der Waals surface area contributed by atoms with Crippen LogP contribution < -0.4 is 5.32 Å². The number of rotatable bonds is 6. The molecule has 2 heteroatoms. The molecule has 1 aromatic carbocycles. The maximum absolute atomic E-state index is 4.55. The highest BCUT2D eigenvalue weighted by Crippen LogP contribution is 2.26. The Hall–Kier alpha value is -1.41. The summed E-state index contributed by atoms with van der Waals surface area (Å²) in [6.07, 6.45) is 5.60.